The largest absolute Gasteiger partial charge is 0.476 e. The first-order chi connectivity index (χ1) is 13.0. The molecule has 0 radical (unpaired) electrons. The van der Waals surface area contributed by atoms with Crippen molar-refractivity contribution in [3.63, 3.8) is 0 Å². The summed E-state index contributed by atoms with van der Waals surface area (Å²) in [4.78, 5) is 4.61. The third kappa shape index (κ3) is 2.26. The van der Waals surface area contributed by atoms with Gasteiger partial charge in [0.25, 0.3) is 0 Å². The highest BCUT2D eigenvalue weighted by atomic mass is 79.9. The Labute approximate surface area is 167 Å². The topological polar surface area (TPSA) is 42.4 Å². The normalized spacial score (nSPS) is 28.5. The molecule has 27 heavy (non-hydrogen) atoms. The first-order valence-corrected chi connectivity index (χ1v) is 10.0. The average Bonchev–Trinajstić information content (AvgIpc) is 3.10. The van der Waals surface area contributed by atoms with Crippen LogP contribution in [0.15, 0.2) is 71.3 Å². The molecule has 2 heterocycles. The molecule has 1 saturated carbocycles. The summed E-state index contributed by atoms with van der Waals surface area (Å²) in [5, 5.41) is 12.0. The lowest BCUT2D eigenvalue weighted by molar-refractivity contribution is -0.107. The zero-order chi connectivity index (χ0) is 18.6. The van der Waals surface area contributed by atoms with Gasteiger partial charge in [0.1, 0.15) is 11.4 Å². The molecule has 0 saturated heterocycles. The summed E-state index contributed by atoms with van der Waals surface area (Å²) in [6.07, 6.45) is 3.27. The molecule has 3 nitrogen and oxygen atoms in total. The van der Waals surface area contributed by atoms with Crippen molar-refractivity contribution in [2.75, 3.05) is 0 Å². The monoisotopic (exact) mass is 421 g/mol. The first kappa shape index (κ1) is 17.0. The molecule has 1 aromatic heterocycles. The van der Waals surface area contributed by atoms with Crippen LogP contribution in [0.4, 0.5) is 0 Å². The molecule has 1 fully saturated rings. The Bertz CT molecular complexity index is 1000. The van der Waals surface area contributed by atoms with Crippen LogP contribution >= 0.6 is 15.9 Å². The van der Waals surface area contributed by atoms with E-state index >= 15 is 0 Å². The van der Waals surface area contributed by atoms with Crippen molar-refractivity contribution in [3.8, 4) is 5.75 Å². The Morgan fingerprint density at radius 3 is 2.59 bits per heavy atom. The predicted molar refractivity (Wildman–Crippen MR) is 108 cm³/mol. The molecular weight excluding hydrogens is 402 g/mol. The van der Waals surface area contributed by atoms with Gasteiger partial charge in [-0.05, 0) is 54.7 Å². The van der Waals surface area contributed by atoms with Gasteiger partial charge in [-0.25, -0.2) is 0 Å². The van der Waals surface area contributed by atoms with E-state index in [4.69, 9.17) is 4.74 Å². The Morgan fingerprint density at radius 1 is 1.11 bits per heavy atom. The van der Waals surface area contributed by atoms with E-state index in [0.29, 0.717) is 17.9 Å². The van der Waals surface area contributed by atoms with Crippen molar-refractivity contribution in [2.45, 2.75) is 36.9 Å². The van der Waals surface area contributed by atoms with Crippen LogP contribution in [-0.4, -0.2) is 10.1 Å². The highest BCUT2D eigenvalue weighted by molar-refractivity contribution is 9.10. The van der Waals surface area contributed by atoms with Crippen molar-refractivity contribution in [1.29, 1.82) is 0 Å². The SMILES string of the molecule is Cc1cnc2c(c1)OC1(c3ccc(Br)cc3)C(c3ccccc3)CCC21O. The number of hydrogen-bond donors (Lipinski definition) is 1. The second kappa shape index (κ2) is 5.91. The second-order valence-corrected chi connectivity index (χ2v) is 8.48. The molecule has 1 aliphatic carbocycles. The first-order valence-electron chi connectivity index (χ1n) is 9.24. The molecule has 5 rings (SSSR count). The van der Waals surface area contributed by atoms with Crippen LogP contribution in [0.2, 0.25) is 0 Å². The summed E-state index contributed by atoms with van der Waals surface area (Å²) < 4.78 is 7.67. The van der Waals surface area contributed by atoms with Gasteiger partial charge in [-0.15, -0.1) is 0 Å². The molecule has 0 spiro atoms. The summed E-state index contributed by atoms with van der Waals surface area (Å²) in [5.41, 5.74) is 1.83. The van der Waals surface area contributed by atoms with E-state index in [1.165, 1.54) is 5.56 Å². The molecule has 2 aromatic carbocycles. The van der Waals surface area contributed by atoms with Crippen LogP contribution in [0.3, 0.4) is 0 Å². The number of ether oxygens (including phenoxy) is 1. The minimum atomic E-state index is -1.15. The predicted octanol–water partition coefficient (Wildman–Crippen LogP) is 5.21. The van der Waals surface area contributed by atoms with Crippen LogP contribution in [0.25, 0.3) is 0 Å². The number of fused-ring (bicyclic) bond motifs is 3. The number of halogens is 1. The lowest BCUT2D eigenvalue weighted by Crippen LogP contribution is -2.48. The Hall–Kier alpha value is -2.17. The fraction of sp³-hybridized carbons (Fsp3) is 0.261. The molecule has 3 aromatic rings. The molecule has 0 bridgehead atoms. The van der Waals surface area contributed by atoms with Gasteiger partial charge in [-0.1, -0.05) is 58.4 Å². The number of aliphatic hydroxyl groups is 1. The summed E-state index contributed by atoms with van der Waals surface area (Å²) >= 11 is 3.52. The molecule has 4 heteroatoms. The number of aryl methyl sites for hydroxylation is 1. The standard InChI is InChI=1S/C23H20BrNO2/c1-15-13-20-21(25-14-15)22(26)12-11-19(16-5-3-2-4-6-16)23(22,27-20)17-7-9-18(24)10-8-17/h2-10,13-14,19,26H,11-12H2,1H3. The van der Waals surface area contributed by atoms with Gasteiger partial charge in [0.15, 0.2) is 11.2 Å². The molecule has 136 valence electrons. The number of hydrogen-bond acceptors (Lipinski definition) is 3. The van der Waals surface area contributed by atoms with E-state index in [-0.39, 0.29) is 5.92 Å². The van der Waals surface area contributed by atoms with Crippen LogP contribution in [0.1, 0.15) is 41.1 Å². The van der Waals surface area contributed by atoms with Crippen molar-refractivity contribution < 1.29 is 9.84 Å². The lowest BCUT2D eigenvalue weighted by atomic mass is 9.73. The maximum Gasteiger partial charge on any atom is 0.175 e. The van der Waals surface area contributed by atoms with Gasteiger partial charge >= 0.3 is 0 Å². The minimum absolute atomic E-state index is 0.0411. The molecule has 1 aliphatic heterocycles. The Morgan fingerprint density at radius 2 is 1.85 bits per heavy atom. The fourth-order valence-corrected chi connectivity index (χ4v) is 5.13. The number of rotatable bonds is 2. The minimum Gasteiger partial charge on any atom is -0.476 e. The zero-order valence-corrected chi connectivity index (χ0v) is 16.6. The average molecular weight is 422 g/mol. The zero-order valence-electron chi connectivity index (χ0n) is 15.0. The maximum absolute atomic E-state index is 12.0. The number of benzene rings is 2. The molecular formula is C23H20BrNO2. The maximum atomic E-state index is 12.0. The van der Waals surface area contributed by atoms with Crippen molar-refractivity contribution in [1.82, 2.24) is 4.98 Å². The summed E-state index contributed by atoms with van der Waals surface area (Å²) in [7, 11) is 0. The van der Waals surface area contributed by atoms with E-state index in [1.54, 1.807) is 0 Å². The van der Waals surface area contributed by atoms with E-state index in [2.05, 4.69) is 45.2 Å². The third-order valence-corrected chi connectivity index (χ3v) is 6.56. The van der Waals surface area contributed by atoms with E-state index in [1.807, 2.05) is 49.5 Å². The Balaban J connectivity index is 1.77. The van der Waals surface area contributed by atoms with Crippen LogP contribution in [0.5, 0.6) is 5.75 Å². The van der Waals surface area contributed by atoms with Crippen molar-refractivity contribution >= 4 is 15.9 Å². The van der Waals surface area contributed by atoms with Crippen LogP contribution in [-0.2, 0) is 11.2 Å². The van der Waals surface area contributed by atoms with Crippen molar-refractivity contribution in [2.24, 2.45) is 0 Å². The lowest BCUT2D eigenvalue weighted by Gasteiger charge is -2.39. The molecule has 3 atom stereocenters. The fourth-order valence-electron chi connectivity index (χ4n) is 4.87. The smallest absolute Gasteiger partial charge is 0.175 e. The summed E-state index contributed by atoms with van der Waals surface area (Å²) in [6, 6.07) is 20.5. The van der Waals surface area contributed by atoms with Gasteiger partial charge in [0.05, 0.1) is 0 Å². The van der Waals surface area contributed by atoms with E-state index in [0.717, 1.165) is 22.0 Å². The highest BCUT2D eigenvalue weighted by Gasteiger charge is 2.69. The molecule has 2 aliphatic rings. The number of pyridine rings is 1. The summed E-state index contributed by atoms with van der Waals surface area (Å²) in [6.45, 7) is 2.00. The van der Waals surface area contributed by atoms with Gasteiger partial charge in [-0.3, -0.25) is 4.98 Å². The van der Waals surface area contributed by atoms with Gasteiger partial charge < -0.3 is 9.84 Å². The third-order valence-electron chi connectivity index (χ3n) is 6.03. The van der Waals surface area contributed by atoms with Crippen LogP contribution in [0, 0.1) is 6.92 Å². The molecule has 1 N–H and O–H groups in total. The second-order valence-electron chi connectivity index (χ2n) is 7.57. The van der Waals surface area contributed by atoms with Gasteiger partial charge in [0.2, 0.25) is 0 Å². The van der Waals surface area contributed by atoms with Crippen LogP contribution < -0.4 is 4.74 Å². The number of aromatic nitrogens is 1. The Kier molecular flexibility index (Phi) is 3.72. The summed E-state index contributed by atoms with van der Waals surface area (Å²) in [5.74, 6) is 0.737. The van der Waals surface area contributed by atoms with E-state index in [9.17, 15) is 5.11 Å². The van der Waals surface area contributed by atoms with Crippen molar-refractivity contribution in [3.05, 3.63) is 93.7 Å². The molecule has 3 unspecified atom stereocenters. The van der Waals surface area contributed by atoms with Gasteiger partial charge in [-0.2, -0.15) is 0 Å². The number of nitrogens with zero attached hydrogens (tertiary/aromatic N) is 1. The van der Waals surface area contributed by atoms with E-state index < -0.39 is 11.2 Å². The molecule has 0 amide bonds. The highest BCUT2D eigenvalue weighted by Crippen LogP contribution is 2.66. The quantitative estimate of drug-likeness (QED) is 0.617. The van der Waals surface area contributed by atoms with Gasteiger partial charge in [0, 0.05) is 16.6 Å².